The van der Waals surface area contributed by atoms with Crippen LogP contribution in [0.3, 0.4) is 0 Å². The van der Waals surface area contributed by atoms with E-state index >= 15 is 0 Å². The van der Waals surface area contributed by atoms with E-state index in [4.69, 9.17) is 0 Å². The van der Waals surface area contributed by atoms with Crippen LogP contribution in [-0.4, -0.2) is 0 Å². The first-order valence-corrected chi connectivity index (χ1v) is 0. The predicted octanol–water partition coefficient (Wildman–Crippen LogP) is -0.250. The summed E-state index contributed by atoms with van der Waals surface area (Å²) in [7, 11) is 0. The Hall–Kier alpha value is 50.8. The van der Waals surface area contributed by atoms with Crippen LogP contribution in [0.5, 0.6) is 0 Å². The van der Waals surface area contributed by atoms with Crippen molar-refractivity contribution >= 4 is 0 Å². The van der Waals surface area contributed by atoms with Gasteiger partial charge in [-0.15, -0.1) is 0 Å². The average molecular weight is 5710 g/mol. The standard InChI is InChI=1S/55Fe.45Ni. The fourth-order valence-corrected chi connectivity index (χ4v) is 0. The van der Waals surface area contributed by atoms with Gasteiger partial charge in [0.05, 0.1) is 0 Å². The van der Waals surface area contributed by atoms with Crippen molar-refractivity contribution in [3.05, 3.63) is 0 Å². The van der Waals surface area contributed by atoms with E-state index < -0.39 is 0 Å². The molecule has 0 aromatic carbocycles. The van der Waals surface area contributed by atoms with E-state index in [-0.39, 0.29) is 1680 Å². The summed E-state index contributed by atoms with van der Waals surface area (Å²) in [4.78, 5) is 0. The maximum absolute atomic E-state index is 0. The fourth-order valence-electron chi connectivity index (χ4n) is 0. The molecule has 0 nitrogen and oxygen atoms in total. The Bertz CT molecular complexity index is 99.3. The van der Waals surface area contributed by atoms with E-state index in [9.17, 15) is 0 Å². The molecule has 0 aromatic heterocycles. The largest absolute Gasteiger partial charge is 0 e. The third kappa shape index (κ3) is 1260. The van der Waals surface area contributed by atoms with Crippen molar-refractivity contribution in [2.75, 3.05) is 0 Å². The Balaban J connectivity index is 0. The Kier molecular flexibility index (Phi) is 16900. The Morgan fingerprint density at radius 3 is 0.0200 bits per heavy atom. The minimum atomic E-state index is 0. The molecule has 0 spiro atoms. The van der Waals surface area contributed by atoms with Crippen LogP contribution in [0, 0.1) is 0 Å². The minimum absolute atomic E-state index is 0. The van der Waals surface area contributed by atoms with Crippen molar-refractivity contribution in [1.82, 2.24) is 0 Å². The van der Waals surface area contributed by atoms with E-state index in [2.05, 4.69) is 0 Å². The van der Waals surface area contributed by atoms with Crippen LogP contribution in [0.2, 0.25) is 0 Å². The second-order valence-electron chi connectivity index (χ2n) is 0. The van der Waals surface area contributed by atoms with Crippen LogP contribution in [0.4, 0.5) is 0 Å². The molecular weight excluding hydrogens is 5710 g/mol. The van der Waals surface area contributed by atoms with Crippen LogP contribution in [0.1, 0.15) is 0 Å². The van der Waals surface area contributed by atoms with Crippen LogP contribution in [0.25, 0.3) is 0 Å². The molecule has 0 aliphatic rings. The van der Waals surface area contributed by atoms with Crippen molar-refractivity contribution in [2.24, 2.45) is 0 Å². The normalized spacial score (nSPS) is 0. The SMILES string of the molecule is [Fe].[Fe].[Fe].[Fe].[Fe].[Fe].[Fe].[Fe].[Fe].[Fe].[Fe].[Fe].[Fe].[Fe].[Fe].[Fe].[Fe].[Fe].[Fe].[Fe].[Fe].[Fe].[Fe].[Fe].[Fe].[Fe].[Fe].[Fe].[Fe].[Fe].[Fe].[Fe].[Fe].[Fe].[Fe].[Fe].[Fe].[Fe].[Fe].[Fe].[Fe].[Fe].[Fe].[Fe].[Fe].[Fe].[Fe].[Fe].[Fe].[Fe].[Fe].[Fe].[Fe].[Fe].[Fe].[Ni].[Ni].[Ni].[Ni].[Ni].[Ni].[Ni].[Ni].[Ni].[Ni].[Ni].[Ni].[Ni].[Ni].[Ni].[Ni].[Ni].[Ni].[Ni].[Ni].[Ni].[Ni].[Ni].[Ni].[Ni].[Ni].[Ni].[Ni].[Ni].[Ni].[Ni].[Ni].[Ni].[Ni].[Ni].[Ni].[Ni].[Ni].[Ni].[Ni].[Ni].[Ni].[Ni].[Ni].[Ni]. The number of rotatable bonds is 0. The van der Waals surface area contributed by atoms with E-state index in [0.29, 0.717) is 0 Å². The molecule has 0 radical (unpaired) electrons. The summed E-state index contributed by atoms with van der Waals surface area (Å²) in [5, 5.41) is 0. The Morgan fingerprint density at radius 2 is 0.0200 bits per heavy atom. The zero-order valence-corrected chi connectivity index (χ0v) is 139. The molecule has 100 heteroatoms. The van der Waals surface area contributed by atoms with Gasteiger partial charge in [0.15, 0.2) is 0 Å². The smallest absolute Gasteiger partial charge is 0 e. The summed E-state index contributed by atoms with van der Waals surface area (Å²) >= 11 is 0. The van der Waals surface area contributed by atoms with Crippen LogP contribution < -0.4 is 0 Å². The first-order chi connectivity index (χ1) is 0. The van der Waals surface area contributed by atoms with Gasteiger partial charge in [-0.2, -0.15) is 0 Å². The van der Waals surface area contributed by atoms with Crippen molar-refractivity contribution < 1.29 is 1680 Å². The van der Waals surface area contributed by atoms with E-state index in [0.717, 1.165) is 0 Å². The van der Waals surface area contributed by atoms with Crippen molar-refractivity contribution in [2.45, 2.75) is 0 Å². The van der Waals surface area contributed by atoms with Gasteiger partial charge in [0.1, 0.15) is 0 Å². The van der Waals surface area contributed by atoms with Gasteiger partial charge in [-0.05, 0) is 0 Å². The van der Waals surface area contributed by atoms with E-state index in [1.165, 1.54) is 0 Å². The van der Waals surface area contributed by atoms with E-state index in [1.54, 1.807) is 0 Å². The molecular formula is Fe55Ni45. The fraction of sp³-hybridized carbons (Fsp3) is 0. The third-order valence-corrected chi connectivity index (χ3v) is 0. The molecule has 0 aromatic rings. The van der Waals surface area contributed by atoms with Gasteiger partial charge in [0.2, 0.25) is 0 Å². The third-order valence-electron chi connectivity index (χ3n) is 0. The molecule has 890 valence electrons. The van der Waals surface area contributed by atoms with Gasteiger partial charge >= 0.3 is 0 Å². The monoisotopic (exact) mass is 5680 g/mol. The summed E-state index contributed by atoms with van der Waals surface area (Å²) in [6, 6.07) is 0. The van der Waals surface area contributed by atoms with Crippen molar-refractivity contribution in [3.8, 4) is 0 Å². The van der Waals surface area contributed by atoms with Crippen molar-refractivity contribution in [1.29, 1.82) is 0 Å². The summed E-state index contributed by atoms with van der Waals surface area (Å²) < 4.78 is 0. The summed E-state index contributed by atoms with van der Waals surface area (Å²) in [6.07, 6.45) is 0. The molecule has 0 aliphatic heterocycles. The van der Waals surface area contributed by atoms with Crippen LogP contribution >= 0.6 is 0 Å². The van der Waals surface area contributed by atoms with E-state index in [1.807, 2.05) is 0 Å². The van der Waals surface area contributed by atoms with Gasteiger partial charge in [-0.25, -0.2) is 0 Å². The second-order valence-corrected chi connectivity index (χ2v) is 0. The van der Waals surface area contributed by atoms with Crippen LogP contribution in [-0.2, 0) is 1680 Å². The molecule has 0 aliphatic carbocycles. The first kappa shape index (κ1) is 1310. The Labute approximate surface area is 1640 Å². The van der Waals surface area contributed by atoms with Gasteiger partial charge < -0.3 is 0 Å². The van der Waals surface area contributed by atoms with Gasteiger partial charge in [0, 0.05) is 1680 Å². The average Bonchev–Trinajstić information content (AvgIpc) is 0. The molecule has 0 rings (SSSR count). The molecule has 100 heavy (non-hydrogen) atoms. The summed E-state index contributed by atoms with van der Waals surface area (Å²) in [5.41, 5.74) is 0. The zero-order chi connectivity index (χ0) is 0. The maximum Gasteiger partial charge on any atom is 0 e. The quantitative estimate of drug-likeness (QED) is 0.295. The predicted molar refractivity (Wildman–Crippen MR) is 0 cm³/mol. The molecule has 0 saturated carbocycles. The molecule has 0 heterocycles. The summed E-state index contributed by atoms with van der Waals surface area (Å²) in [5.74, 6) is 0. The Morgan fingerprint density at radius 1 is 0.0200 bits per heavy atom. The number of hydrogen-bond donors (Lipinski definition) is 0. The molecule has 0 atom stereocenters. The number of hydrogen-bond acceptors (Lipinski definition) is 0. The minimum Gasteiger partial charge on any atom is 0 e. The van der Waals surface area contributed by atoms with Crippen molar-refractivity contribution in [3.63, 3.8) is 0 Å². The van der Waals surface area contributed by atoms with Gasteiger partial charge in [-0.1, -0.05) is 0 Å². The molecule has 0 N–H and O–H groups in total. The van der Waals surface area contributed by atoms with Gasteiger partial charge in [-0.3, -0.25) is 0 Å². The molecule has 0 saturated heterocycles. The van der Waals surface area contributed by atoms with Crippen LogP contribution in [0.15, 0.2) is 0 Å². The first-order valence-electron chi connectivity index (χ1n) is 0. The molecule has 0 unspecified atom stereocenters. The molecule has 0 bridgehead atoms. The molecule has 0 fully saturated rings. The topological polar surface area (TPSA) is 0 Å². The molecule has 0 amide bonds. The van der Waals surface area contributed by atoms with Gasteiger partial charge in [0.25, 0.3) is 0 Å². The maximum atomic E-state index is 0. The summed E-state index contributed by atoms with van der Waals surface area (Å²) in [6.45, 7) is 0. The zero-order valence-electron chi connectivity index (χ0n) is 33.7. The second kappa shape index (κ2) is 1290.